The Morgan fingerprint density at radius 1 is 1.50 bits per heavy atom. The van der Waals surface area contributed by atoms with E-state index in [1.807, 2.05) is 12.1 Å². The number of hydrogen-bond donors (Lipinski definition) is 2. The third kappa shape index (κ3) is 5.81. The van der Waals surface area contributed by atoms with Gasteiger partial charge in [0.1, 0.15) is 11.8 Å². The molecule has 1 heterocycles. The SMILES string of the molecule is CC(CCCC(C)C(=O)O)NCc1ccnc(C#N)c1. The molecule has 0 spiro atoms. The van der Waals surface area contributed by atoms with Gasteiger partial charge in [0.05, 0.1) is 5.92 Å². The molecule has 0 aliphatic rings. The predicted octanol–water partition coefficient (Wildman–Crippen LogP) is 2.32. The fourth-order valence-corrected chi connectivity index (χ4v) is 1.89. The van der Waals surface area contributed by atoms with Gasteiger partial charge < -0.3 is 10.4 Å². The van der Waals surface area contributed by atoms with Crippen LogP contribution in [-0.4, -0.2) is 22.1 Å². The molecular weight excluding hydrogens is 254 g/mol. The van der Waals surface area contributed by atoms with E-state index in [9.17, 15) is 4.79 Å². The van der Waals surface area contributed by atoms with Gasteiger partial charge in [-0.3, -0.25) is 4.79 Å². The van der Waals surface area contributed by atoms with E-state index in [0.717, 1.165) is 18.4 Å². The fourth-order valence-electron chi connectivity index (χ4n) is 1.89. The quantitative estimate of drug-likeness (QED) is 0.760. The molecule has 0 amide bonds. The number of carboxylic acids is 1. The topological polar surface area (TPSA) is 86.0 Å². The molecule has 0 radical (unpaired) electrons. The Kier molecular flexibility index (Phi) is 6.68. The van der Waals surface area contributed by atoms with E-state index in [0.29, 0.717) is 24.7 Å². The highest BCUT2D eigenvalue weighted by Gasteiger charge is 2.11. The third-order valence-corrected chi connectivity index (χ3v) is 3.29. The van der Waals surface area contributed by atoms with E-state index < -0.39 is 5.97 Å². The van der Waals surface area contributed by atoms with Gasteiger partial charge in [-0.2, -0.15) is 5.26 Å². The Labute approximate surface area is 119 Å². The maximum Gasteiger partial charge on any atom is 0.306 e. The summed E-state index contributed by atoms with van der Waals surface area (Å²) in [5.74, 6) is -1.01. The van der Waals surface area contributed by atoms with Crippen molar-refractivity contribution in [3.05, 3.63) is 29.6 Å². The normalized spacial score (nSPS) is 13.4. The van der Waals surface area contributed by atoms with E-state index in [4.69, 9.17) is 10.4 Å². The van der Waals surface area contributed by atoms with E-state index >= 15 is 0 Å². The van der Waals surface area contributed by atoms with Crippen molar-refractivity contribution in [2.45, 2.75) is 45.7 Å². The van der Waals surface area contributed by atoms with Gasteiger partial charge in [-0.1, -0.05) is 13.3 Å². The smallest absolute Gasteiger partial charge is 0.306 e. The second-order valence-electron chi connectivity index (χ2n) is 5.11. The Morgan fingerprint density at radius 2 is 2.25 bits per heavy atom. The number of pyridine rings is 1. The number of aliphatic carboxylic acids is 1. The lowest BCUT2D eigenvalue weighted by molar-refractivity contribution is -0.141. The van der Waals surface area contributed by atoms with E-state index in [2.05, 4.69) is 17.2 Å². The molecule has 2 unspecified atom stereocenters. The van der Waals surface area contributed by atoms with Crippen molar-refractivity contribution in [3.8, 4) is 6.07 Å². The summed E-state index contributed by atoms with van der Waals surface area (Å²) in [7, 11) is 0. The van der Waals surface area contributed by atoms with E-state index in [1.54, 1.807) is 19.2 Å². The molecule has 0 saturated heterocycles. The van der Waals surface area contributed by atoms with Gasteiger partial charge in [-0.05, 0) is 37.5 Å². The van der Waals surface area contributed by atoms with Crippen LogP contribution in [0.5, 0.6) is 0 Å². The average molecular weight is 275 g/mol. The molecule has 0 aliphatic carbocycles. The molecule has 1 aromatic heterocycles. The number of nitriles is 1. The highest BCUT2D eigenvalue weighted by atomic mass is 16.4. The summed E-state index contributed by atoms with van der Waals surface area (Å²) in [5.41, 5.74) is 1.45. The summed E-state index contributed by atoms with van der Waals surface area (Å²) >= 11 is 0. The Bertz CT molecular complexity index is 482. The molecule has 0 fully saturated rings. The first-order chi connectivity index (χ1) is 9.52. The molecule has 20 heavy (non-hydrogen) atoms. The summed E-state index contributed by atoms with van der Waals surface area (Å²) in [6.45, 7) is 4.51. The molecule has 2 N–H and O–H groups in total. The van der Waals surface area contributed by atoms with Crippen LogP contribution in [0.25, 0.3) is 0 Å². The van der Waals surface area contributed by atoms with Crippen molar-refractivity contribution < 1.29 is 9.90 Å². The molecule has 0 bridgehead atoms. The van der Waals surface area contributed by atoms with Crippen molar-refractivity contribution in [1.82, 2.24) is 10.3 Å². The van der Waals surface area contributed by atoms with Crippen molar-refractivity contribution in [1.29, 1.82) is 5.26 Å². The predicted molar refractivity (Wildman–Crippen MR) is 75.9 cm³/mol. The molecule has 5 nitrogen and oxygen atoms in total. The number of nitrogens with zero attached hydrogens (tertiary/aromatic N) is 2. The monoisotopic (exact) mass is 275 g/mol. The highest BCUT2D eigenvalue weighted by molar-refractivity contribution is 5.69. The first-order valence-corrected chi connectivity index (χ1v) is 6.84. The van der Waals surface area contributed by atoms with Crippen LogP contribution in [-0.2, 0) is 11.3 Å². The lowest BCUT2D eigenvalue weighted by atomic mass is 10.0. The van der Waals surface area contributed by atoms with Crippen molar-refractivity contribution in [3.63, 3.8) is 0 Å². The molecule has 2 atom stereocenters. The standard InChI is InChI=1S/C15H21N3O2/c1-11(15(19)20)4-3-5-12(2)18-10-13-6-7-17-14(8-13)9-16/h6-8,11-12,18H,3-5,10H2,1-2H3,(H,19,20). The van der Waals surface area contributed by atoms with Crippen LogP contribution in [0.2, 0.25) is 0 Å². The van der Waals surface area contributed by atoms with Crippen molar-refractivity contribution in [2.24, 2.45) is 5.92 Å². The van der Waals surface area contributed by atoms with Gasteiger partial charge in [-0.15, -0.1) is 0 Å². The lowest BCUT2D eigenvalue weighted by Gasteiger charge is -2.14. The van der Waals surface area contributed by atoms with Gasteiger partial charge in [0, 0.05) is 18.8 Å². The van der Waals surface area contributed by atoms with Crippen molar-refractivity contribution >= 4 is 5.97 Å². The van der Waals surface area contributed by atoms with E-state index in [-0.39, 0.29) is 5.92 Å². The zero-order valence-electron chi connectivity index (χ0n) is 12.0. The maximum atomic E-state index is 10.7. The zero-order valence-corrected chi connectivity index (χ0v) is 12.0. The molecule has 1 aromatic rings. The Hall–Kier alpha value is -1.93. The zero-order chi connectivity index (χ0) is 15.0. The molecule has 5 heteroatoms. The lowest BCUT2D eigenvalue weighted by Crippen LogP contribution is -2.25. The van der Waals surface area contributed by atoms with Crippen LogP contribution in [0, 0.1) is 17.2 Å². The van der Waals surface area contributed by atoms with Crippen LogP contribution in [0.3, 0.4) is 0 Å². The minimum atomic E-state index is -0.730. The molecule has 0 saturated carbocycles. The highest BCUT2D eigenvalue weighted by Crippen LogP contribution is 2.10. The van der Waals surface area contributed by atoms with Gasteiger partial charge in [0.2, 0.25) is 0 Å². The van der Waals surface area contributed by atoms with Gasteiger partial charge >= 0.3 is 5.97 Å². The van der Waals surface area contributed by atoms with Crippen LogP contribution >= 0.6 is 0 Å². The summed E-state index contributed by atoms with van der Waals surface area (Å²) < 4.78 is 0. The number of hydrogen-bond acceptors (Lipinski definition) is 4. The van der Waals surface area contributed by atoms with Gasteiger partial charge in [0.25, 0.3) is 0 Å². The number of nitrogens with one attached hydrogen (secondary N) is 1. The Morgan fingerprint density at radius 3 is 2.90 bits per heavy atom. The number of rotatable bonds is 8. The van der Waals surface area contributed by atoms with Crippen LogP contribution in [0.15, 0.2) is 18.3 Å². The average Bonchev–Trinajstić information content (AvgIpc) is 2.45. The van der Waals surface area contributed by atoms with Crippen LogP contribution < -0.4 is 5.32 Å². The second-order valence-corrected chi connectivity index (χ2v) is 5.11. The minimum Gasteiger partial charge on any atom is -0.481 e. The first-order valence-electron chi connectivity index (χ1n) is 6.84. The molecule has 0 aromatic carbocycles. The summed E-state index contributed by atoms with van der Waals surface area (Å²) in [6.07, 6.45) is 4.17. The third-order valence-electron chi connectivity index (χ3n) is 3.29. The number of carbonyl (C=O) groups is 1. The fraction of sp³-hybridized carbons (Fsp3) is 0.533. The Balaban J connectivity index is 2.27. The van der Waals surface area contributed by atoms with Gasteiger partial charge in [0.15, 0.2) is 0 Å². The summed E-state index contributed by atoms with van der Waals surface area (Å²) in [6, 6.07) is 5.98. The van der Waals surface area contributed by atoms with Crippen molar-refractivity contribution in [2.75, 3.05) is 0 Å². The van der Waals surface area contributed by atoms with E-state index in [1.165, 1.54) is 0 Å². The molecule has 108 valence electrons. The summed E-state index contributed by atoms with van der Waals surface area (Å²) in [4.78, 5) is 14.6. The van der Waals surface area contributed by atoms with Crippen LogP contribution in [0.4, 0.5) is 0 Å². The summed E-state index contributed by atoms with van der Waals surface area (Å²) in [5, 5.41) is 20.9. The minimum absolute atomic E-state index is 0.277. The molecule has 1 rings (SSSR count). The maximum absolute atomic E-state index is 10.7. The molecular formula is C15H21N3O2. The number of carboxylic acid groups (broad SMARTS) is 1. The van der Waals surface area contributed by atoms with Gasteiger partial charge in [-0.25, -0.2) is 4.98 Å². The second kappa shape index (κ2) is 8.28. The first kappa shape index (κ1) is 16.1. The number of aromatic nitrogens is 1. The van der Waals surface area contributed by atoms with Crippen LogP contribution in [0.1, 0.15) is 44.4 Å². The largest absolute Gasteiger partial charge is 0.481 e. The molecule has 0 aliphatic heterocycles.